The third kappa shape index (κ3) is 4.94. The molecule has 1 saturated carbocycles. The first-order valence-electron chi connectivity index (χ1n) is 9.72. The van der Waals surface area contributed by atoms with Crippen LogP contribution in [-0.2, 0) is 0 Å². The maximum absolute atomic E-state index is 13.7. The van der Waals surface area contributed by atoms with E-state index in [9.17, 15) is 4.39 Å². The lowest BCUT2D eigenvalue weighted by atomic mass is 9.77. The quantitative estimate of drug-likeness (QED) is 0.427. The van der Waals surface area contributed by atoms with Gasteiger partial charge in [-0.15, -0.1) is 0 Å². The molecule has 2 aromatic carbocycles. The molecule has 0 spiro atoms. The summed E-state index contributed by atoms with van der Waals surface area (Å²) in [5.41, 5.74) is 3.48. The van der Waals surface area contributed by atoms with Crippen LogP contribution in [0.4, 0.5) is 4.39 Å². The predicted octanol–water partition coefficient (Wildman–Crippen LogP) is 8.11. The second kappa shape index (κ2) is 8.98. The molecule has 1 fully saturated rings. The number of hydrogen-bond acceptors (Lipinski definition) is 0. The number of rotatable bonds is 6. The standard InChI is InChI=1S/C23H28BrF/c1-2-3-4-5-17-6-8-18(9-7-17)19-10-12-20(13-11-19)21-14-15-22(24)23(25)16-21/h10-18H,2-9H2,1H3/t17-,18-. The fourth-order valence-corrected chi connectivity index (χ4v) is 4.34. The summed E-state index contributed by atoms with van der Waals surface area (Å²) in [5, 5.41) is 0. The number of unbranched alkanes of at least 4 members (excludes halogenated alkanes) is 2. The highest BCUT2D eigenvalue weighted by Gasteiger charge is 2.22. The Morgan fingerprint density at radius 2 is 1.60 bits per heavy atom. The highest BCUT2D eigenvalue weighted by atomic mass is 79.9. The molecule has 0 nitrogen and oxygen atoms in total. The Morgan fingerprint density at radius 1 is 0.920 bits per heavy atom. The Morgan fingerprint density at radius 3 is 2.24 bits per heavy atom. The fraction of sp³-hybridized carbons (Fsp3) is 0.478. The molecule has 0 amide bonds. The van der Waals surface area contributed by atoms with E-state index in [1.54, 1.807) is 12.1 Å². The van der Waals surface area contributed by atoms with Gasteiger partial charge in [-0.2, -0.15) is 0 Å². The van der Waals surface area contributed by atoms with Crippen molar-refractivity contribution in [3.8, 4) is 11.1 Å². The minimum atomic E-state index is -0.206. The average molecular weight is 403 g/mol. The summed E-state index contributed by atoms with van der Waals surface area (Å²) in [5.74, 6) is 1.45. The van der Waals surface area contributed by atoms with Crippen LogP contribution in [0.5, 0.6) is 0 Å². The van der Waals surface area contributed by atoms with Crippen molar-refractivity contribution in [2.75, 3.05) is 0 Å². The molecule has 1 aliphatic rings. The van der Waals surface area contributed by atoms with E-state index in [1.165, 1.54) is 56.9 Å². The summed E-state index contributed by atoms with van der Waals surface area (Å²) in [4.78, 5) is 0. The zero-order valence-electron chi connectivity index (χ0n) is 15.1. The first-order chi connectivity index (χ1) is 12.2. The lowest BCUT2D eigenvalue weighted by Gasteiger charge is -2.29. The molecule has 2 aromatic rings. The minimum absolute atomic E-state index is 0.206. The maximum atomic E-state index is 13.7. The van der Waals surface area contributed by atoms with Crippen molar-refractivity contribution < 1.29 is 4.39 Å². The molecule has 0 heterocycles. The van der Waals surface area contributed by atoms with Gasteiger partial charge in [-0.25, -0.2) is 4.39 Å². The average Bonchev–Trinajstić information content (AvgIpc) is 2.65. The molecule has 25 heavy (non-hydrogen) atoms. The molecule has 0 atom stereocenters. The molecule has 0 saturated heterocycles. The molecular weight excluding hydrogens is 375 g/mol. The smallest absolute Gasteiger partial charge is 0.137 e. The molecular formula is C23H28BrF. The Bertz CT molecular complexity index is 669. The second-order valence-electron chi connectivity index (χ2n) is 7.46. The Hall–Kier alpha value is -1.15. The molecule has 3 rings (SSSR count). The molecule has 0 N–H and O–H groups in total. The Kier molecular flexibility index (Phi) is 6.70. The predicted molar refractivity (Wildman–Crippen MR) is 108 cm³/mol. The summed E-state index contributed by atoms with van der Waals surface area (Å²) in [6.45, 7) is 2.28. The molecule has 0 aliphatic heterocycles. The SMILES string of the molecule is CCCCC[C@H]1CC[C@H](c2ccc(-c3ccc(Br)c(F)c3)cc2)CC1. The Balaban J connectivity index is 1.59. The van der Waals surface area contributed by atoms with Crippen molar-refractivity contribution in [2.45, 2.75) is 64.2 Å². The van der Waals surface area contributed by atoms with Crippen molar-refractivity contribution in [2.24, 2.45) is 5.92 Å². The van der Waals surface area contributed by atoms with E-state index in [1.807, 2.05) is 6.07 Å². The van der Waals surface area contributed by atoms with E-state index in [0.717, 1.165) is 17.0 Å². The van der Waals surface area contributed by atoms with Crippen LogP contribution in [0.3, 0.4) is 0 Å². The monoisotopic (exact) mass is 402 g/mol. The van der Waals surface area contributed by atoms with Gasteiger partial charge in [-0.3, -0.25) is 0 Å². The third-order valence-electron chi connectivity index (χ3n) is 5.70. The van der Waals surface area contributed by atoms with Gasteiger partial charge in [0, 0.05) is 0 Å². The van der Waals surface area contributed by atoms with Gasteiger partial charge in [0.2, 0.25) is 0 Å². The molecule has 0 unspecified atom stereocenters. The van der Waals surface area contributed by atoms with E-state index >= 15 is 0 Å². The van der Waals surface area contributed by atoms with E-state index in [4.69, 9.17) is 0 Å². The third-order valence-corrected chi connectivity index (χ3v) is 6.34. The highest BCUT2D eigenvalue weighted by Crippen LogP contribution is 2.38. The lowest BCUT2D eigenvalue weighted by molar-refractivity contribution is 0.303. The van der Waals surface area contributed by atoms with E-state index in [2.05, 4.69) is 47.1 Å². The van der Waals surface area contributed by atoms with Crippen LogP contribution in [0.25, 0.3) is 11.1 Å². The minimum Gasteiger partial charge on any atom is -0.206 e. The summed E-state index contributed by atoms with van der Waals surface area (Å²) >= 11 is 3.22. The van der Waals surface area contributed by atoms with E-state index < -0.39 is 0 Å². The van der Waals surface area contributed by atoms with Gasteiger partial charge in [0.15, 0.2) is 0 Å². The zero-order valence-corrected chi connectivity index (χ0v) is 16.7. The highest BCUT2D eigenvalue weighted by molar-refractivity contribution is 9.10. The topological polar surface area (TPSA) is 0 Å². The van der Waals surface area contributed by atoms with Crippen LogP contribution in [0.2, 0.25) is 0 Å². The van der Waals surface area contributed by atoms with Gasteiger partial charge in [-0.05, 0) is 82.3 Å². The largest absolute Gasteiger partial charge is 0.206 e. The van der Waals surface area contributed by atoms with Crippen LogP contribution in [0, 0.1) is 11.7 Å². The fourth-order valence-electron chi connectivity index (χ4n) is 4.09. The van der Waals surface area contributed by atoms with Crippen molar-refractivity contribution >= 4 is 15.9 Å². The van der Waals surface area contributed by atoms with E-state index in [-0.39, 0.29) is 5.82 Å². The van der Waals surface area contributed by atoms with Gasteiger partial charge in [0.25, 0.3) is 0 Å². The first-order valence-corrected chi connectivity index (χ1v) is 10.5. The van der Waals surface area contributed by atoms with E-state index in [0.29, 0.717) is 10.4 Å². The second-order valence-corrected chi connectivity index (χ2v) is 8.32. The van der Waals surface area contributed by atoms with Crippen LogP contribution in [0.1, 0.15) is 69.8 Å². The normalized spacial score (nSPS) is 20.6. The molecule has 134 valence electrons. The number of halogens is 2. The summed E-state index contributed by atoms with van der Waals surface area (Å²) < 4.78 is 14.3. The molecule has 0 bridgehead atoms. The maximum Gasteiger partial charge on any atom is 0.137 e. The van der Waals surface area contributed by atoms with Crippen LogP contribution >= 0.6 is 15.9 Å². The van der Waals surface area contributed by atoms with Crippen LogP contribution < -0.4 is 0 Å². The van der Waals surface area contributed by atoms with Crippen molar-refractivity contribution in [3.05, 3.63) is 58.3 Å². The lowest BCUT2D eigenvalue weighted by Crippen LogP contribution is -2.13. The van der Waals surface area contributed by atoms with Crippen LogP contribution in [0.15, 0.2) is 46.9 Å². The first kappa shape index (κ1) is 18.6. The molecule has 0 radical (unpaired) electrons. The van der Waals surface area contributed by atoms with Crippen molar-refractivity contribution in [1.82, 2.24) is 0 Å². The summed E-state index contributed by atoms with van der Waals surface area (Å²) in [7, 11) is 0. The molecule has 0 aromatic heterocycles. The van der Waals surface area contributed by atoms with Crippen molar-refractivity contribution in [1.29, 1.82) is 0 Å². The molecule has 2 heteroatoms. The van der Waals surface area contributed by atoms with Gasteiger partial charge in [0.1, 0.15) is 5.82 Å². The van der Waals surface area contributed by atoms with Gasteiger partial charge < -0.3 is 0 Å². The summed E-state index contributed by atoms with van der Waals surface area (Å²) in [6, 6.07) is 14.1. The number of hydrogen-bond donors (Lipinski definition) is 0. The Labute approximate surface area is 160 Å². The zero-order chi connectivity index (χ0) is 17.6. The van der Waals surface area contributed by atoms with Gasteiger partial charge in [-0.1, -0.05) is 62.9 Å². The van der Waals surface area contributed by atoms with Crippen LogP contribution in [-0.4, -0.2) is 0 Å². The van der Waals surface area contributed by atoms with Gasteiger partial charge in [0.05, 0.1) is 4.47 Å². The summed E-state index contributed by atoms with van der Waals surface area (Å²) in [6.07, 6.45) is 11.0. The number of benzene rings is 2. The van der Waals surface area contributed by atoms with Gasteiger partial charge >= 0.3 is 0 Å². The van der Waals surface area contributed by atoms with Crippen molar-refractivity contribution in [3.63, 3.8) is 0 Å². The molecule has 1 aliphatic carbocycles.